The molecular formula is C10H13BrN2O3. The Kier molecular flexibility index (Phi) is 4.23. The van der Waals surface area contributed by atoms with E-state index in [0.29, 0.717) is 11.6 Å². The number of hydrogen-bond donors (Lipinski definition) is 0. The van der Waals surface area contributed by atoms with E-state index in [0.717, 1.165) is 0 Å². The Labute approximate surface area is 102 Å². The van der Waals surface area contributed by atoms with E-state index >= 15 is 0 Å². The predicted octanol–water partition coefficient (Wildman–Crippen LogP) is 2.89. The summed E-state index contributed by atoms with van der Waals surface area (Å²) in [6.45, 7) is 3.81. The van der Waals surface area contributed by atoms with Gasteiger partial charge in [-0.05, 0) is 0 Å². The molecule has 0 aromatic carbocycles. The summed E-state index contributed by atoms with van der Waals surface area (Å²) >= 11 is 3.40. The van der Waals surface area contributed by atoms with E-state index in [4.69, 9.17) is 4.74 Å². The first-order valence-corrected chi connectivity index (χ1v) is 5.72. The molecule has 5 nitrogen and oxygen atoms in total. The summed E-state index contributed by atoms with van der Waals surface area (Å²) in [6, 6.07) is 2.92. The van der Waals surface area contributed by atoms with Gasteiger partial charge in [0.15, 0.2) is 0 Å². The first kappa shape index (κ1) is 12.9. The molecular weight excluding hydrogens is 276 g/mol. The zero-order valence-electron chi connectivity index (χ0n) is 9.31. The van der Waals surface area contributed by atoms with Gasteiger partial charge in [0.05, 0.1) is 12.0 Å². The topological polar surface area (TPSA) is 65.3 Å². The molecule has 1 aromatic rings. The van der Waals surface area contributed by atoms with Gasteiger partial charge in [-0.15, -0.1) is 0 Å². The quantitative estimate of drug-likeness (QED) is 0.485. The molecule has 0 bridgehead atoms. The van der Waals surface area contributed by atoms with Crippen LogP contribution in [0.3, 0.4) is 0 Å². The van der Waals surface area contributed by atoms with Gasteiger partial charge >= 0.3 is 0 Å². The van der Waals surface area contributed by atoms with Crippen LogP contribution < -0.4 is 4.74 Å². The highest BCUT2D eigenvalue weighted by Gasteiger charge is 2.24. The predicted molar refractivity (Wildman–Crippen MR) is 64.2 cm³/mol. The van der Waals surface area contributed by atoms with Crippen LogP contribution in [-0.2, 0) is 0 Å². The van der Waals surface area contributed by atoms with Crippen molar-refractivity contribution in [3.63, 3.8) is 0 Å². The Hall–Kier alpha value is -1.17. The van der Waals surface area contributed by atoms with Gasteiger partial charge in [0.2, 0.25) is 5.88 Å². The third-order valence-corrected chi connectivity index (χ3v) is 3.20. The van der Waals surface area contributed by atoms with Crippen molar-refractivity contribution < 1.29 is 9.66 Å². The fourth-order valence-corrected chi connectivity index (χ4v) is 1.52. The first-order valence-electron chi connectivity index (χ1n) is 4.80. The molecule has 0 aliphatic rings. The van der Waals surface area contributed by atoms with Gasteiger partial charge in [-0.3, -0.25) is 10.1 Å². The van der Waals surface area contributed by atoms with Gasteiger partial charge in [-0.2, -0.15) is 0 Å². The Balaban J connectivity index is 3.25. The zero-order valence-corrected chi connectivity index (χ0v) is 10.9. The van der Waals surface area contributed by atoms with Gasteiger partial charge in [-0.25, -0.2) is 4.98 Å². The highest BCUT2D eigenvalue weighted by atomic mass is 79.9. The number of nitrogens with zero attached hydrogens (tertiary/aromatic N) is 2. The highest BCUT2D eigenvalue weighted by molar-refractivity contribution is 9.09. The molecule has 1 aromatic heterocycles. The second-order valence-electron chi connectivity index (χ2n) is 3.48. The number of aromatic nitrogens is 1. The monoisotopic (exact) mass is 288 g/mol. The smallest absolute Gasteiger partial charge is 0.291 e. The Morgan fingerprint density at radius 2 is 2.12 bits per heavy atom. The number of nitro groups is 1. The summed E-state index contributed by atoms with van der Waals surface area (Å²) < 4.78 is 4.97. The molecule has 0 radical (unpaired) electrons. The van der Waals surface area contributed by atoms with Crippen molar-refractivity contribution in [1.82, 2.24) is 4.98 Å². The third-order valence-electron chi connectivity index (χ3n) is 2.40. The summed E-state index contributed by atoms with van der Waals surface area (Å²) in [4.78, 5) is 14.7. The SMILES string of the molecule is COc1ccc([N+](=O)[O-])c(C(C)C(C)Br)n1. The number of alkyl halides is 1. The standard InChI is InChI=1S/C10H13BrN2O3/c1-6(7(2)11)10-8(13(14)15)4-5-9(12-10)16-3/h4-7H,1-3H3. The van der Waals surface area contributed by atoms with Crippen molar-refractivity contribution in [2.45, 2.75) is 24.6 Å². The lowest BCUT2D eigenvalue weighted by atomic mass is 10.0. The molecule has 16 heavy (non-hydrogen) atoms. The lowest BCUT2D eigenvalue weighted by Gasteiger charge is -2.14. The Bertz CT molecular complexity index is 396. The minimum atomic E-state index is -0.423. The number of rotatable bonds is 4. The average molecular weight is 289 g/mol. The van der Waals surface area contributed by atoms with E-state index in [1.807, 2.05) is 13.8 Å². The summed E-state index contributed by atoms with van der Waals surface area (Å²) in [5.41, 5.74) is 0.466. The summed E-state index contributed by atoms with van der Waals surface area (Å²) in [5.74, 6) is 0.330. The van der Waals surface area contributed by atoms with Gasteiger partial charge in [0, 0.05) is 22.9 Å². The van der Waals surface area contributed by atoms with E-state index in [-0.39, 0.29) is 16.4 Å². The number of hydrogen-bond acceptors (Lipinski definition) is 4. The van der Waals surface area contributed by atoms with Crippen LogP contribution >= 0.6 is 15.9 Å². The minimum Gasteiger partial charge on any atom is -0.481 e. The van der Waals surface area contributed by atoms with E-state index in [9.17, 15) is 10.1 Å². The number of pyridine rings is 1. The van der Waals surface area contributed by atoms with Crippen molar-refractivity contribution in [2.75, 3.05) is 7.11 Å². The van der Waals surface area contributed by atoms with Crippen molar-refractivity contribution in [1.29, 1.82) is 0 Å². The fourth-order valence-electron chi connectivity index (χ4n) is 1.27. The Morgan fingerprint density at radius 3 is 2.56 bits per heavy atom. The maximum atomic E-state index is 10.9. The molecule has 0 N–H and O–H groups in total. The molecule has 0 aliphatic carbocycles. The third kappa shape index (κ3) is 2.69. The van der Waals surface area contributed by atoms with E-state index in [2.05, 4.69) is 20.9 Å². The van der Waals surface area contributed by atoms with Gasteiger partial charge < -0.3 is 4.74 Å². The maximum absolute atomic E-state index is 10.9. The molecule has 1 rings (SSSR count). The summed E-state index contributed by atoms with van der Waals surface area (Å²) in [5, 5.41) is 10.9. The van der Waals surface area contributed by atoms with E-state index in [1.165, 1.54) is 19.2 Å². The number of methoxy groups -OCH3 is 1. The molecule has 0 aliphatic heterocycles. The summed E-state index contributed by atoms with van der Waals surface area (Å²) in [6.07, 6.45) is 0. The summed E-state index contributed by atoms with van der Waals surface area (Å²) in [7, 11) is 1.49. The van der Waals surface area contributed by atoms with Crippen molar-refractivity contribution >= 4 is 21.6 Å². The molecule has 0 saturated heterocycles. The van der Waals surface area contributed by atoms with E-state index in [1.54, 1.807) is 0 Å². The average Bonchev–Trinajstić information content (AvgIpc) is 2.26. The van der Waals surface area contributed by atoms with Crippen LogP contribution in [0.2, 0.25) is 0 Å². The van der Waals surface area contributed by atoms with Crippen LogP contribution in [0.1, 0.15) is 25.5 Å². The zero-order chi connectivity index (χ0) is 12.3. The van der Waals surface area contributed by atoms with Crippen LogP contribution in [0.4, 0.5) is 5.69 Å². The molecule has 6 heteroatoms. The molecule has 2 atom stereocenters. The van der Waals surface area contributed by atoms with Crippen molar-refractivity contribution in [3.8, 4) is 5.88 Å². The van der Waals surface area contributed by atoms with Gasteiger partial charge in [0.1, 0.15) is 5.69 Å². The number of ether oxygens (including phenoxy) is 1. The highest BCUT2D eigenvalue weighted by Crippen LogP contribution is 2.31. The fraction of sp³-hybridized carbons (Fsp3) is 0.500. The van der Waals surface area contributed by atoms with Crippen molar-refractivity contribution in [3.05, 3.63) is 27.9 Å². The lowest BCUT2D eigenvalue weighted by Crippen LogP contribution is -2.10. The molecule has 88 valence electrons. The second kappa shape index (κ2) is 5.25. The van der Waals surface area contributed by atoms with Crippen molar-refractivity contribution in [2.24, 2.45) is 0 Å². The van der Waals surface area contributed by atoms with E-state index < -0.39 is 4.92 Å². The molecule has 2 unspecified atom stereocenters. The second-order valence-corrected chi connectivity index (χ2v) is 4.93. The first-order chi connectivity index (χ1) is 7.47. The minimum absolute atomic E-state index is 0.0274. The Morgan fingerprint density at radius 1 is 1.50 bits per heavy atom. The van der Waals surface area contributed by atoms with Crippen LogP contribution in [0.15, 0.2) is 12.1 Å². The molecule has 0 spiro atoms. The molecule has 0 fully saturated rings. The maximum Gasteiger partial charge on any atom is 0.291 e. The molecule has 0 saturated carbocycles. The molecule has 1 heterocycles. The van der Waals surface area contributed by atoms with Crippen LogP contribution in [0.5, 0.6) is 5.88 Å². The van der Waals surface area contributed by atoms with Crippen LogP contribution in [0, 0.1) is 10.1 Å². The van der Waals surface area contributed by atoms with Gasteiger partial charge in [-0.1, -0.05) is 29.8 Å². The lowest BCUT2D eigenvalue weighted by molar-refractivity contribution is -0.386. The van der Waals surface area contributed by atoms with Crippen LogP contribution in [-0.4, -0.2) is 21.8 Å². The van der Waals surface area contributed by atoms with Gasteiger partial charge in [0.25, 0.3) is 5.69 Å². The van der Waals surface area contributed by atoms with Crippen LogP contribution in [0.25, 0.3) is 0 Å². The largest absolute Gasteiger partial charge is 0.481 e. The normalized spacial score (nSPS) is 14.2. The number of halogens is 1. The molecule has 0 amide bonds.